The number of benzene rings is 3. The normalized spacial score (nSPS) is 12.2. The number of hydrogen-bond acceptors (Lipinski definition) is 4. The van der Waals surface area contributed by atoms with Crippen LogP contribution in [-0.2, 0) is 19.2 Å². The van der Waals surface area contributed by atoms with Gasteiger partial charge >= 0.3 is 6.18 Å². The minimum absolute atomic E-state index is 0.0312. The van der Waals surface area contributed by atoms with Crippen LogP contribution in [0, 0.1) is 0 Å². The molecular weight excluding hydrogens is 467 g/mol. The van der Waals surface area contributed by atoms with Crippen LogP contribution in [0.5, 0.6) is 0 Å². The summed E-state index contributed by atoms with van der Waals surface area (Å²) in [4.78, 5) is 21.6. The zero-order chi connectivity index (χ0) is 25.7. The maximum atomic E-state index is 13.0. The Morgan fingerprint density at radius 3 is 2.56 bits per heavy atom. The summed E-state index contributed by atoms with van der Waals surface area (Å²) in [7, 11) is 0. The van der Waals surface area contributed by atoms with Gasteiger partial charge in [0.1, 0.15) is 0 Å². The number of aliphatic hydroxyl groups is 1. The first kappa shape index (κ1) is 25.1. The van der Waals surface area contributed by atoms with E-state index in [0.717, 1.165) is 34.5 Å². The Morgan fingerprint density at radius 2 is 1.78 bits per heavy atom. The molecule has 3 aromatic carbocycles. The van der Waals surface area contributed by atoms with Crippen LogP contribution in [0.1, 0.15) is 45.6 Å². The van der Waals surface area contributed by atoms with E-state index in [2.05, 4.69) is 10.3 Å². The van der Waals surface area contributed by atoms with Gasteiger partial charge in [-0.05, 0) is 59.9 Å². The maximum Gasteiger partial charge on any atom is 0.416 e. The summed E-state index contributed by atoms with van der Waals surface area (Å²) in [5.74, 6) is -0.585. The van der Waals surface area contributed by atoms with E-state index in [1.807, 2.05) is 37.3 Å². The smallest absolute Gasteiger partial charge is 0.392 e. The minimum Gasteiger partial charge on any atom is -0.392 e. The Balaban J connectivity index is 1.47. The molecule has 0 unspecified atom stereocenters. The Hall–Kier alpha value is -4.04. The fraction of sp³-hybridized carbons (Fsp3) is 0.179. The Morgan fingerprint density at radius 1 is 1.00 bits per heavy atom. The van der Waals surface area contributed by atoms with Gasteiger partial charge in [-0.1, -0.05) is 43.3 Å². The number of halogens is 3. The fourth-order valence-electron chi connectivity index (χ4n) is 3.87. The third kappa shape index (κ3) is 6.14. The van der Waals surface area contributed by atoms with E-state index in [4.69, 9.17) is 4.98 Å². The minimum atomic E-state index is -4.52. The van der Waals surface area contributed by atoms with Crippen LogP contribution in [0.15, 0.2) is 85.2 Å². The number of alkyl halides is 3. The van der Waals surface area contributed by atoms with Gasteiger partial charge in [0, 0.05) is 23.0 Å². The number of aliphatic hydroxyl groups excluding tert-OH is 1. The number of aromatic nitrogens is 2. The summed E-state index contributed by atoms with van der Waals surface area (Å²) in [5, 5.41) is 12.1. The molecule has 5 nitrogen and oxygen atoms in total. The molecule has 0 fully saturated rings. The zero-order valence-corrected chi connectivity index (χ0v) is 19.5. The SMILES string of the molecule is C[C@H](Cc1cncc(-c2cccc(CO)c2)n1)c1cccc(NC(=O)c2cccc(C(F)(F)F)c2)c1. The number of rotatable bonds is 7. The number of nitrogens with zero attached hydrogens (tertiary/aromatic N) is 2. The molecule has 0 saturated heterocycles. The van der Waals surface area contributed by atoms with E-state index in [9.17, 15) is 23.1 Å². The van der Waals surface area contributed by atoms with Crippen molar-refractivity contribution in [2.24, 2.45) is 0 Å². The van der Waals surface area contributed by atoms with Gasteiger partial charge in [-0.25, -0.2) is 4.98 Å². The molecule has 0 spiro atoms. The molecular formula is C28H24F3N3O2. The topological polar surface area (TPSA) is 75.1 Å². The van der Waals surface area contributed by atoms with Crippen molar-refractivity contribution >= 4 is 11.6 Å². The standard InChI is InChI=1S/C28H24F3N3O2/c1-18(11-25-15-32-16-26(33-25)21-7-2-5-19(12-21)17-35)20-6-4-10-24(14-20)34-27(36)22-8-3-9-23(13-22)28(29,30)31/h2-10,12-16,18,35H,11,17H2,1H3,(H,34,36)/t18-/m1/s1. The second-order valence-electron chi connectivity index (χ2n) is 8.52. The highest BCUT2D eigenvalue weighted by Gasteiger charge is 2.30. The van der Waals surface area contributed by atoms with Gasteiger partial charge in [-0.3, -0.25) is 9.78 Å². The molecule has 36 heavy (non-hydrogen) atoms. The molecule has 0 aliphatic heterocycles. The van der Waals surface area contributed by atoms with Crippen molar-refractivity contribution in [2.45, 2.75) is 32.0 Å². The van der Waals surface area contributed by atoms with Crippen molar-refractivity contribution in [3.8, 4) is 11.3 Å². The lowest BCUT2D eigenvalue weighted by Crippen LogP contribution is -2.14. The van der Waals surface area contributed by atoms with Gasteiger partial charge in [0.2, 0.25) is 0 Å². The average molecular weight is 492 g/mol. The van der Waals surface area contributed by atoms with Crippen LogP contribution in [0.4, 0.5) is 18.9 Å². The van der Waals surface area contributed by atoms with Gasteiger partial charge in [0.15, 0.2) is 0 Å². The third-order valence-electron chi connectivity index (χ3n) is 5.77. The van der Waals surface area contributed by atoms with Crippen molar-refractivity contribution in [3.05, 3.63) is 113 Å². The quantitative estimate of drug-likeness (QED) is 0.320. The number of nitrogens with one attached hydrogen (secondary N) is 1. The fourth-order valence-corrected chi connectivity index (χ4v) is 3.87. The number of carbonyl (C=O) groups is 1. The summed E-state index contributed by atoms with van der Waals surface area (Å²) < 4.78 is 38.9. The number of carbonyl (C=O) groups excluding carboxylic acids is 1. The van der Waals surface area contributed by atoms with Crippen molar-refractivity contribution in [2.75, 3.05) is 5.32 Å². The first-order valence-corrected chi connectivity index (χ1v) is 11.3. The first-order valence-electron chi connectivity index (χ1n) is 11.3. The molecule has 0 bridgehead atoms. The lowest BCUT2D eigenvalue weighted by molar-refractivity contribution is -0.137. The summed E-state index contributed by atoms with van der Waals surface area (Å²) in [6.07, 6.45) is -0.553. The Kier molecular flexibility index (Phi) is 7.45. The van der Waals surface area contributed by atoms with Crippen LogP contribution in [-0.4, -0.2) is 21.0 Å². The van der Waals surface area contributed by atoms with Gasteiger partial charge < -0.3 is 10.4 Å². The monoisotopic (exact) mass is 491 g/mol. The molecule has 4 aromatic rings. The molecule has 0 aliphatic rings. The maximum absolute atomic E-state index is 13.0. The number of amides is 1. The molecule has 1 heterocycles. The van der Waals surface area contributed by atoms with Crippen LogP contribution >= 0.6 is 0 Å². The Labute approximate surface area is 206 Å². The summed E-state index contributed by atoms with van der Waals surface area (Å²) in [6, 6.07) is 19.0. The molecule has 0 aliphatic carbocycles. The second-order valence-corrected chi connectivity index (χ2v) is 8.52. The first-order chi connectivity index (χ1) is 17.2. The molecule has 0 radical (unpaired) electrons. The molecule has 2 N–H and O–H groups in total. The predicted molar refractivity (Wildman–Crippen MR) is 131 cm³/mol. The molecule has 1 atom stereocenters. The summed E-state index contributed by atoms with van der Waals surface area (Å²) in [5.41, 5.74) is 3.63. The highest BCUT2D eigenvalue weighted by molar-refractivity contribution is 6.04. The summed E-state index contributed by atoms with van der Waals surface area (Å²) in [6.45, 7) is 1.97. The molecule has 184 valence electrons. The zero-order valence-electron chi connectivity index (χ0n) is 19.5. The van der Waals surface area contributed by atoms with Crippen LogP contribution in [0.2, 0.25) is 0 Å². The van der Waals surface area contributed by atoms with Gasteiger partial charge in [-0.15, -0.1) is 0 Å². The molecule has 8 heteroatoms. The highest BCUT2D eigenvalue weighted by atomic mass is 19.4. The van der Waals surface area contributed by atoms with E-state index < -0.39 is 17.6 Å². The van der Waals surface area contributed by atoms with Crippen molar-refractivity contribution in [1.29, 1.82) is 0 Å². The van der Waals surface area contributed by atoms with Crippen LogP contribution in [0.3, 0.4) is 0 Å². The largest absolute Gasteiger partial charge is 0.416 e. The van der Waals surface area contributed by atoms with E-state index in [-0.39, 0.29) is 18.1 Å². The Bertz CT molecular complexity index is 1370. The molecule has 4 rings (SSSR count). The average Bonchev–Trinajstić information content (AvgIpc) is 2.88. The van der Waals surface area contributed by atoms with Crippen LogP contribution in [0.25, 0.3) is 11.3 Å². The van der Waals surface area contributed by atoms with Crippen molar-refractivity contribution in [1.82, 2.24) is 9.97 Å². The van der Waals surface area contributed by atoms with E-state index in [1.54, 1.807) is 30.6 Å². The van der Waals surface area contributed by atoms with Gasteiger partial charge in [-0.2, -0.15) is 13.2 Å². The molecule has 1 amide bonds. The van der Waals surface area contributed by atoms with E-state index in [1.165, 1.54) is 12.1 Å². The summed E-state index contributed by atoms with van der Waals surface area (Å²) >= 11 is 0. The number of hydrogen-bond donors (Lipinski definition) is 2. The van der Waals surface area contributed by atoms with E-state index >= 15 is 0 Å². The van der Waals surface area contributed by atoms with Crippen LogP contribution < -0.4 is 5.32 Å². The lowest BCUT2D eigenvalue weighted by Gasteiger charge is -2.14. The second kappa shape index (κ2) is 10.7. The lowest BCUT2D eigenvalue weighted by atomic mass is 9.95. The van der Waals surface area contributed by atoms with E-state index in [0.29, 0.717) is 17.8 Å². The predicted octanol–water partition coefficient (Wildman–Crippen LogP) is 6.25. The van der Waals surface area contributed by atoms with Gasteiger partial charge in [0.05, 0.1) is 29.8 Å². The third-order valence-corrected chi connectivity index (χ3v) is 5.77. The highest BCUT2D eigenvalue weighted by Crippen LogP contribution is 2.30. The van der Waals surface area contributed by atoms with Gasteiger partial charge in [0.25, 0.3) is 5.91 Å². The number of anilines is 1. The van der Waals surface area contributed by atoms with Crippen molar-refractivity contribution in [3.63, 3.8) is 0 Å². The molecule has 1 aromatic heterocycles. The molecule has 0 saturated carbocycles. The van der Waals surface area contributed by atoms with Crippen molar-refractivity contribution < 1.29 is 23.1 Å².